The molecule has 1 aliphatic rings. The molecule has 0 aromatic heterocycles. The van der Waals surface area contributed by atoms with E-state index >= 15 is 0 Å². The summed E-state index contributed by atoms with van der Waals surface area (Å²) in [6, 6.07) is 6.92. The summed E-state index contributed by atoms with van der Waals surface area (Å²) in [7, 11) is 3.36. The van der Waals surface area contributed by atoms with Gasteiger partial charge in [-0.15, -0.1) is 0 Å². The summed E-state index contributed by atoms with van der Waals surface area (Å²) < 4.78 is 15.3. The van der Waals surface area contributed by atoms with Crippen molar-refractivity contribution in [2.75, 3.05) is 32.4 Å². The number of hydrogen-bond donors (Lipinski definition) is 0. The molecule has 6 nitrogen and oxygen atoms in total. The quantitative estimate of drug-likeness (QED) is 0.472. The van der Waals surface area contributed by atoms with Crippen molar-refractivity contribution in [3.63, 3.8) is 0 Å². The number of hydrogen-bond acceptors (Lipinski definition) is 6. The van der Waals surface area contributed by atoms with Crippen LogP contribution in [0.2, 0.25) is 0 Å². The second kappa shape index (κ2) is 6.40. The summed E-state index contributed by atoms with van der Waals surface area (Å²) in [5.41, 5.74) is 0.854. The number of ether oxygens (including phenoxy) is 3. The lowest BCUT2D eigenvalue weighted by atomic mass is 10.3. The molecule has 1 unspecified atom stereocenters. The first-order valence-electron chi connectivity index (χ1n) is 6.03. The van der Waals surface area contributed by atoms with Crippen LogP contribution in [0.1, 0.15) is 6.42 Å². The highest BCUT2D eigenvalue weighted by molar-refractivity contribution is 5.64. The zero-order valence-corrected chi connectivity index (χ0v) is 11.0. The molecule has 6 heteroatoms. The van der Waals surface area contributed by atoms with Crippen molar-refractivity contribution >= 4 is 11.8 Å². The number of rotatable bonds is 4. The minimum absolute atomic E-state index is 0.202. The topological polar surface area (TPSA) is 57.2 Å². The molecule has 19 heavy (non-hydrogen) atoms. The van der Waals surface area contributed by atoms with Gasteiger partial charge in [0.05, 0.1) is 26.0 Å². The number of carbonyl (C=O) groups is 1. The highest BCUT2D eigenvalue weighted by Gasteiger charge is 2.21. The fraction of sp³-hybridized carbons (Fsp3) is 0.462. The molecule has 1 atom stereocenters. The van der Waals surface area contributed by atoms with Gasteiger partial charge >= 0.3 is 6.16 Å². The van der Waals surface area contributed by atoms with Crippen LogP contribution in [-0.4, -0.2) is 39.6 Å². The van der Waals surface area contributed by atoms with Crippen LogP contribution >= 0.6 is 0 Å². The molecule has 0 bridgehead atoms. The van der Waals surface area contributed by atoms with E-state index in [-0.39, 0.29) is 6.10 Å². The summed E-state index contributed by atoms with van der Waals surface area (Å²) in [5, 5.41) is 1.60. The number of nitrogens with zero attached hydrogens (tertiary/aromatic N) is 1. The molecular formula is C13H17NO5. The van der Waals surface area contributed by atoms with Crippen LogP contribution in [0.5, 0.6) is 5.75 Å². The van der Waals surface area contributed by atoms with Gasteiger partial charge in [0.1, 0.15) is 11.9 Å². The third-order valence-corrected chi connectivity index (χ3v) is 2.83. The highest BCUT2D eigenvalue weighted by Crippen LogP contribution is 2.19. The lowest BCUT2D eigenvalue weighted by Crippen LogP contribution is -2.20. The Labute approximate surface area is 111 Å². The number of anilines is 1. The van der Waals surface area contributed by atoms with Gasteiger partial charge in [-0.3, -0.25) is 9.90 Å². The molecule has 1 heterocycles. The van der Waals surface area contributed by atoms with Crippen molar-refractivity contribution in [1.29, 1.82) is 0 Å². The predicted octanol–water partition coefficient (Wildman–Crippen LogP) is 1.99. The maximum absolute atomic E-state index is 11.5. The summed E-state index contributed by atoms with van der Waals surface area (Å²) in [5.74, 6) is 0.428. The molecule has 0 aliphatic carbocycles. The standard InChI is InChI=1S/C13H17NO5/c1-14(16-2)10-3-5-11(6-4-10)18-13(15)19-12-7-8-17-9-12/h3-6,12H,7-9H2,1-2H3. The normalized spacial score (nSPS) is 18.1. The minimum Gasteiger partial charge on any atom is -0.428 e. The summed E-state index contributed by atoms with van der Waals surface area (Å²) in [6.07, 6.45) is -0.193. The molecular weight excluding hydrogens is 250 g/mol. The van der Waals surface area contributed by atoms with Crippen molar-refractivity contribution in [2.24, 2.45) is 0 Å². The van der Waals surface area contributed by atoms with E-state index in [0.717, 1.165) is 5.69 Å². The number of benzene rings is 1. The molecule has 1 aromatic rings. The minimum atomic E-state index is -0.705. The molecule has 0 radical (unpaired) electrons. The lowest BCUT2D eigenvalue weighted by Gasteiger charge is -2.16. The first-order valence-corrected chi connectivity index (χ1v) is 6.03. The molecule has 1 aliphatic heterocycles. The largest absolute Gasteiger partial charge is 0.514 e. The molecule has 0 saturated carbocycles. The third kappa shape index (κ3) is 3.84. The highest BCUT2D eigenvalue weighted by atomic mass is 16.7. The van der Waals surface area contributed by atoms with E-state index in [9.17, 15) is 4.79 Å². The van der Waals surface area contributed by atoms with Gasteiger partial charge in [-0.2, -0.15) is 0 Å². The van der Waals surface area contributed by atoms with Crippen LogP contribution < -0.4 is 9.80 Å². The van der Waals surface area contributed by atoms with Gasteiger partial charge in [0.2, 0.25) is 0 Å². The van der Waals surface area contributed by atoms with Crippen LogP contribution in [0, 0.1) is 0 Å². The first kappa shape index (κ1) is 13.6. The van der Waals surface area contributed by atoms with Gasteiger partial charge in [-0.1, -0.05) is 0 Å². The fourth-order valence-corrected chi connectivity index (χ4v) is 1.69. The Morgan fingerprint density at radius 2 is 2.11 bits per heavy atom. The van der Waals surface area contributed by atoms with Gasteiger partial charge in [0, 0.05) is 13.5 Å². The van der Waals surface area contributed by atoms with Gasteiger partial charge in [-0.25, -0.2) is 4.79 Å². The van der Waals surface area contributed by atoms with E-state index in [1.807, 2.05) is 0 Å². The maximum Gasteiger partial charge on any atom is 0.514 e. The smallest absolute Gasteiger partial charge is 0.428 e. The second-order valence-corrected chi connectivity index (χ2v) is 4.13. The lowest BCUT2D eigenvalue weighted by molar-refractivity contribution is 0.0507. The van der Waals surface area contributed by atoms with Gasteiger partial charge in [-0.05, 0) is 24.3 Å². The maximum atomic E-state index is 11.5. The Hall–Kier alpha value is -1.79. The van der Waals surface area contributed by atoms with Gasteiger partial charge in [0.25, 0.3) is 0 Å². The van der Waals surface area contributed by atoms with Crippen LogP contribution in [0.25, 0.3) is 0 Å². The fourth-order valence-electron chi connectivity index (χ4n) is 1.69. The van der Waals surface area contributed by atoms with Crippen molar-refractivity contribution < 1.29 is 23.8 Å². The average molecular weight is 267 g/mol. The Balaban J connectivity index is 1.86. The first-order chi connectivity index (χ1) is 9.19. The average Bonchev–Trinajstić information content (AvgIpc) is 2.91. The van der Waals surface area contributed by atoms with Crippen LogP contribution in [0.4, 0.5) is 10.5 Å². The Kier molecular flexibility index (Phi) is 4.59. The SMILES string of the molecule is CON(C)c1ccc(OC(=O)OC2CCOC2)cc1. The summed E-state index contributed by atoms with van der Waals surface area (Å²) in [6.45, 7) is 1.06. The molecule has 1 fully saturated rings. The van der Waals surface area contributed by atoms with Crippen LogP contribution in [-0.2, 0) is 14.3 Å². The van der Waals surface area contributed by atoms with Crippen LogP contribution in [0.3, 0.4) is 0 Å². The third-order valence-electron chi connectivity index (χ3n) is 2.83. The van der Waals surface area contributed by atoms with Gasteiger partial charge in [0.15, 0.2) is 0 Å². The predicted molar refractivity (Wildman–Crippen MR) is 68.2 cm³/mol. The van der Waals surface area contributed by atoms with Crippen molar-refractivity contribution in [2.45, 2.75) is 12.5 Å². The van der Waals surface area contributed by atoms with E-state index in [2.05, 4.69) is 0 Å². The van der Waals surface area contributed by atoms with E-state index in [1.54, 1.807) is 43.5 Å². The second-order valence-electron chi connectivity index (χ2n) is 4.13. The van der Waals surface area contributed by atoms with E-state index in [0.29, 0.717) is 25.4 Å². The number of hydroxylamine groups is 1. The Morgan fingerprint density at radius 1 is 1.37 bits per heavy atom. The zero-order valence-electron chi connectivity index (χ0n) is 11.0. The molecule has 104 valence electrons. The molecule has 0 N–H and O–H groups in total. The Morgan fingerprint density at radius 3 is 2.68 bits per heavy atom. The molecule has 2 rings (SSSR count). The van der Waals surface area contributed by atoms with Gasteiger partial charge < -0.3 is 14.2 Å². The van der Waals surface area contributed by atoms with E-state index in [1.165, 1.54) is 0 Å². The van der Waals surface area contributed by atoms with E-state index in [4.69, 9.17) is 19.0 Å². The molecule has 1 saturated heterocycles. The molecule has 0 spiro atoms. The van der Waals surface area contributed by atoms with Crippen LogP contribution in [0.15, 0.2) is 24.3 Å². The van der Waals surface area contributed by atoms with Crippen molar-refractivity contribution in [3.05, 3.63) is 24.3 Å². The summed E-state index contributed by atoms with van der Waals surface area (Å²) >= 11 is 0. The van der Waals surface area contributed by atoms with Crippen molar-refractivity contribution in [1.82, 2.24) is 0 Å². The molecule has 0 amide bonds. The number of carbonyl (C=O) groups excluding carboxylic acids is 1. The monoisotopic (exact) mass is 267 g/mol. The van der Waals surface area contributed by atoms with E-state index < -0.39 is 6.16 Å². The summed E-state index contributed by atoms with van der Waals surface area (Å²) in [4.78, 5) is 16.5. The van der Waals surface area contributed by atoms with Crippen molar-refractivity contribution in [3.8, 4) is 5.75 Å². The Bertz CT molecular complexity index is 414. The molecule has 1 aromatic carbocycles. The zero-order chi connectivity index (χ0) is 13.7.